The Hall–Kier alpha value is -3.48. The van der Waals surface area contributed by atoms with Crippen LogP contribution in [0, 0.1) is 0 Å². The van der Waals surface area contributed by atoms with E-state index in [0.717, 1.165) is 10.2 Å². The summed E-state index contributed by atoms with van der Waals surface area (Å²) in [5, 5.41) is 7.53. The number of hydrogen-bond donors (Lipinski definition) is 1. The van der Waals surface area contributed by atoms with E-state index in [0.29, 0.717) is 23.7 Å². The average Bonchev–Trinajstić information content (AvgIpc) is 2.71. The molecule has 1 N–H and O–H groups in total. The van der Waals surface area contributed by atoms with E-state index in [9.17, 15) is 14.4 Å². The molecule has 28 heavy (non-hydrogen) atoms. The predicted molar refractivity (Wildman–Crippen MR) is 105 cm³/mol. The third kappa shape index (κ3) is 4.25. The third-order valence-corrected chi connectivity index (χ3v) is 4.36. The minimum atomic E-state index is -0.985. The number of carbonyl (C=O) groups excluding carboxylic acids is 2. The number of aromatic nitrogens is 2. The highest BCUT2D eigenvalue weighted by molar-refractivity contribution is 6.02. The van der Waals surface area contributed by atoms with Crippen LogP contribution in [0.2, 0.25) is 0 Å². The summed E-state index contributed by atoms with van der Waals surface area (Å²) in [5.41, 5.74) is 0.800. The Labute approximate surface area is 161 Å². The Kier molecular flexibility index (Phi) is 5.84. The lowest BCUT2D eigenvalue weighted by atomic mass is 10.1. The zero-order valence-electron chi connectivity index (χ0n) is 15.7. The second-order valence-electron chi connectivity index (χ2n) is 6.40. The normalized spacial score (nSPS) is 11.8. The van der Waals surface area contributed by atoms with Gasteiger partial charge in [0, 0.05) is 19.0 Å². The smallest absolute Gasteiger partial charge is 0.360 e. The first-order chi connectivity index (χ1) is 13.5. The summed E-state index contributed by atoms with van der Waals surface area (Å²) in [6.07, 6.45) is -0.304. The van der Waals surface area contributed by atoms with E-state index in [4.69, 9.17) is 4.74 Å². The molecule has 1 atom stereocenters. The summed E-state index contributed by atoms with van der Waals surface area (Å²) < 4.78 is 6.36. The van der Waals surface area contributed by atoms with Crippen LogP contribution >= 0.6 is 0 Å². The number of esters is 1. The standard InChI is InChI=1S/C21H21N3O4/c1-14(19(25)22-13-12-15-8-4-3-5-9-15)28-21(27)18-16-10-6-7-11-17(16)20(26)24(2)23-18/h3-11,14H,12-13H2,1-2H3,(H,22,25)/t14-/m1/s1. The largest absolute Gasteiger partial charge is 0.448 e. The Morgan fingerprint density at radius 3 is 2.43 bits per heavy atom. The molecule has 1 aromatic heterocycles. The van der Waals surface area contributed by atoms with Crippen LogP contribution in [0.5, 0.6) is 0 Å². The van der Waals surface area contributed by atoms with Gasteiger partial charge in [0.05, 0.1) is 5.39 Å². The number of hydrogen-bond acceptors (Lipinski definition) is 5. The molecule has 0 saturated heterocycles. The van der Waals surface area contributed by atoms with Crippen molar-refractivity contribution in [1.82, 2.24) is 15.1 Å². The first-order valence-corrected chi connectivity index (χ1v) is 8.96. The molecule has 0 bridgehead atoms. The second-order valence-corrected chi connectivity index (χ2v) is 6.40. The topological polar surface area (TPSA) is 90.3 Å². The fourth-order valence-corrected chi connectivity index (χ4v) is 2.84. The van der Waals surface area contributed by atoms with Crippen molar-refractivity contribution < 1.29 is 14.3 Å². The number of nitrogens with zero attached hydrogens (tertiary/aromatic N) is 2. The molecule has 144 valence electrons. The zero-order chi connectivity index (χ0) is 20.1. The van der Waals surface area contributed by atoms with E-state index in [1.165, 1.54) is 14.0 Å². The van der Waals surface area contributed by atoms with Crippen molar-refractivity contribution in [3.63, 3.8) is 0 Å². The van der Waals surface area contributed by atoms with E-state index < -0.39 is 18.0 Å². The molecular formula is C21H21N3O4. The molecule has 0 fully saturated rings. The minimum absolute atomic E-state index is 0.00151. The van der Waals surface area contributed by atoms with Crippen LogP contribution in [0.25, 0.3) is 10.8 Å². The molecule has 3 rings (SSSR count). The van der Waals surface area contributed by atoms with Gasteiger partial charge in [-0.3, -0.25) is 9.59 Å². The minimum Gasteiger partial charge on any atom is -0.448 e. The van der Waals surface area contributed by atoms with Crippen LogP contribution in [0.1, 0.15) is 23.0 Å². The van der Waals surface area contributed by atoms with Crippen molar-refractivity contribution in [1.29, 1.82) is 0 Å². The van der Waals surface area contributed by atoms with Crippen molar-refractivity contribution in [3.05, 3.63) is 76.2 Å². The number of benzene rings is 2. The summed E-state index contributed by atoms with van der Waals surface area (Å²) >= 11 is 0. The first-order valence-electron chi connectivity index (χ1n) is 8.96. The zero-order valence-corrected chi connectivity index (χ0v) is 15.7. The summed E-state index contributed by atoms with van der Waals surface area (Å²) in [6.45, 7) is 1.94. The second kappa shape index (κ2) is 8.47. The monoisotopic (exact) mass is 379 g/mol. The maximum absolute atomic E-state index is 12.6. The van der Waals surface area contributed by atoms with Gasteiger partial charge in [-0.15, -0.1) is 0 Å². The van der Waals surface area contributed by atoms with E-state index in [1.54, 1.807) is 24.3 Å². The molecule has 0 unspecified atom stereocenters. The Morgan fingerprint density at radius 2 is 1.71 bits per heavy atom. The number of ether oxygens (including phenoxy) is 1. The van der Waals surface area contributed by atoms with Crippen molar-refractivity contribution in [2.45, 2.75) is 19.4 Å². The first kappa shape index (κ1) is 19.3. The summed E-state index contributed by atoms with van der Waals surface area (Å²) in [7, 11) is 1.46. The van der Waals surface area contributed by atoms with Gasteiger partial charge in [0.2, 0.25) is 0 Å². The fraction of sp³-hybridized carbons (Fsp3) is 0.238. The van der Waals surface area contributed by atoms with Gasteiger partial charge in [-0.2, -0.15) is 5.10 Å². The molecule has 1 heterocycles. The molecule has 1 amide bonds. The molecule has 7 nitrogen and oxygen atoms in total. The van der Waals surface area contributed by atoms with Gasteiger partial charge in [0.1, 0.15) is 0 Å². The molecule has 7 heteroatoms. The van der Waals surface area contributed by atoms with E-state index in [2.05, 4.69) is 10.4 Å². The Morgan fingerprint density at radius 1 is 1.07 bits per heavy atom. The molecule has 0 aliphatic heterocycles. The summed E-state index contributed by atoms with van der Waals surface area (Å²) in [4.78, 5) is 36.9. The van der Waals surface area contributed by atoms with Gasteiger partial charge in [-0.1, -0.05) is 48.5 Å². The maximum Gasteiger partial charge on any atom is 0.360 e. The van der Waals surface area contributed by atoms with Gasteiger partial charge >= 0.3 is 5.97 Å². The molecule has 3 aromatic rings. The van der Waals surface area contributed by atoms with E-state index >= 15 is 0 Å². The SMILES string of the molecule is C[C@@H](OC(=O)c1nn(C)c(=O)c2ccccc12)C(=O)NCCc1ccccc1. The van der Waals surface area contributed by atoms with Crippen LogP contribution < -0.4 is 10.9 Å². The van der Waals surface area contributed by atoms with Crippen LogP contribution in [0.15, 0.2) is 59.4 Å². The Balaban J connectivity index is 1.66. The van der Waals surface area contributed by atoms with Gasteiger partial charge in [0.15, 0.2) is 11.8 Å². The quantitative estimate of drug-likeness (QED) is 0.660. The van der Waals surface area contributed by atoms with Crippen molar-refractivity contribution in [2.75, 3.05) is 6.54 Å². The van der Waals surface area contributed by atoms with Crippen molar-refractivity contribution in [2.24, 2.45) is 7.05 Å². The third-order valence-electron chi connectivity index (χ3n) is 4.36. The molecule has 0 spiro atoms. The average molecular weight is 379 g/mol. The van der Waals surface area contributed by atoms with Crippen LogP contribution in [0.3, 0.4) is 0 Å². The van der Waals surface area contributed by atoms with Crippen molar-refractivity contribution in [3.8, 4) is 0 Å². The number of fused-ring (bicyclic) bond motifs is 1. The lowest BCUT2D eigenvalue weighted by molar-refractivity contribution is -0.129. The number of aryl methyl sites for hydroxylation is 1. The molecular weight excluding hydrogens is 358 g/mol. The molecule has 0 radical (unpaired) electrons. The molecule has 0 aliphatic rings. The van der Waals surface area contributed by atoms with E-state index in [1.807, 2.05) is 30.3 Å². The molecule has 2 aromatic carbocycles. The Bertz CT molecular complexity index is 1060. The number of amides is 1. The highest BCUT2D eigenvalue weighted by Crippen LogP contribution is 2.14. The van der Waals surface area contributed by atoms with Gasteiger partial charge in [-0.25, -0.2) is 9.48 Å². The van der Waals surface area contributed by atoms with Crippen molar-refractivity contribution >= 4 is 22.6 Å². The molecule has 0 aliphatic carbocycles. The maximum atomic E-state index is 12.6. The summed E-state index contributed by atoms with van der Waals surface area (Å²) in [5.74, 6) is -1.14. The fourth-order valence-electron chi connectivity index (χ4n) is 2.84. The van der Waals surface area contributed by atoms with Gasteiger partial charge in [0.25, 0.3) is 11.5 Å². The van der Waals surface area contributed by atoms with E-state index in [-0.39, 0.29) is 11.3 Å². The summed E-state index contributed by atoms with van der Waals surface area (Å²) in [6, 6.07) is 16.4. The lowest BCUT2D eigenvalue weighted by Gasteiger charge is -2.14. The van der Waals surface area contributed by atoms with Crippen LogP contribution in [0.4, 0.5) is 0 Å². The molecule has 0 saturated carbocycles. The van der Waals surface area contributed by atoms with Gasteiger partial charge in [-0.05, 0) is 25.0 Å². The lowest BCUT2D eigenvalue weighted by Crippen LogP contribution is -2.37. The van der Waals surface area contributed by atoms with Gasteiger partial charge < -0.3 is 10.1 Å². The number of rotatable bonds is 6. The predicted octanol–water partition coefficient (Wildman–Crippen LogP) is 1.84. The number of nitrogens with one attached hydrogen (secondary N) is 1. The van der Waals surface area contributed by atoms with Crippen LogP contribution in [-0.2, 0) is 23.0 Å². The number of carbonyl (C=O) groups is 2. The highest BCUT2D eigenvalue weighted by Gasteiger charge is 2.22. The van der Waals surface area contributed by atoms with Crippen LogP contribution in [-0.4, -0.2) is 34.3 Å². The highest BCUT2D eigenvalue weighted by atomic mass is 16.5.